The van der Waals surface area contributed by atoms with E-state index in [1.165, 1.54) is 0 Å². The van der Waals surface area contributed by atoms with E-state index in [0.29, 0.717) is 0 Å². The van der Waals surface area contributed by atoms with Crippen LogP contribution in [-0.2, 0) is 0 Å². The smallest absolute Gasteiger partial charge is 0.0963 e. The quantitative estimate of drug-likeness (QED) is 0.487. The first-order valence-electron chi connectivity index (χ1n) is 5.43. The van der Waals surface area contributed by atoms with Crippen LogP contribution in [0.2, 0.25) is 0 Å². The van der Waals surface area contributed by atoms with Gasteiger partial charge in [-0.3, -0.25) is 5.41 Å². The third-order valence-corrected chi connectivity index (χ3v) is 2.78. The molecule has 0 fully saturated rings. The molecule has 0 saturated heterocycles. The Kier molecular flexibility index (Phi) is 5.83. The van der Waals surface area contributed by atoms with Gasteiger partial charge in [0.1, 0.15) is 0 Å². The fraction of sp³-hybridized carbons (Fsp3) is 0.909. The molecule has 0 heterocycles. The maximum absolute atomic E-state index is 7.46. The van der Waals surface area contributed by atoms with Crippen LogP contribution >= 0.6 is 0 Å². The Bertz CT molecular complexity index is 199. The third-order valence-electron chi connectivity index (χ3n) is 2.78. The van der Waals surface area contributed by atoms with E-state index in [1.807, 2.05) is 13.8 Å². The van der Waals surface area contributed by atoms with Gasteiger partial charge in [-0.1, -0.05) is 13.8 Å². The summed E-state index contributed by atoms with van der Waals surface area (Å²) in [5, 5.41) is 7.46. The van der Waals surface area contributed by atoms with Crippen LogP contribution in [0.4, 0.5) is 0 Å². The normalized spacial score (nSPS) is 12.5. The maximum atomic E-state index is 7.46. The Morgan fingerprint density at radius 2 is 1.67 bits per heavy atom. The van der Waals surface area contributed by atoms with Crippen molar-refractivity contribution in [1.29, 1.82) is 5.41 Å². The SMILES string of the molecule is CN(C)CCN(C)CCC(C)(C)C(=N)N. The molecule has 0 aliphatic rings. The summed E-state index contributed by atoms with van der Waals surface area (Å²) in [6, 6.07) is 0. The van der Waals surface area contributed by atoms with Crippen LogP contribution in [0.5, 0.6) is 0 Å². The van der Waals surface area contributed by atoms with E-state index in [9.17, 15) is 0 Å². The van der Waals surface area contributed by atoms with Gasteiger partial charge in [-0.25, -0.2) is 0 Å². The molecule has 0 aromatic heterocycles. The summed E-state index contributed by atoms with van der Waals surface area (Å²) in [6.45, 7) is 7.16. The highest BCUT2D eigenvalue weighted by Gasteiger charge is 2.21. The van der Waals surface area contributed by atoms with E-state index in [1.54, 1.807) is 0 Å². The van der Waals surface area contributed by atoms with Crippen LogP contribution in [-0.4, -0.2) is 56.4 Å². The Morgan fingerprint density at radius 1 is 1.13 bits per heavy atom. The van der Waals surface area contributed by atoms with E-state index in [-0.39, 0.29) is 11.3 Å². The Morgan fingerprint density at radius 3 is 2.07 bits per heavy atom. The van der Waals surface area contributed by atoms with E-state index < -0.39 is 0 Å². The first-order chi connectivity index (χ1) is 6.75. The number of hydrogen-bond acceptors (Lipinski definition) is 3. The van der Waals surface area contributed by atoms with Crippen LogP contribution in [0.1, 0.15) is 20.3 Å². The first kappa shape index (κ1) is 14.4. The molecular formula is C11H26N4. The van der Waals surface area contributed by atoms with E-state index in [0.717, 1.165) is 26.1 Å². The second-order valence-electron chi connectivity index (χ2n) is 5.15. The van der Waals surface area contributed by atoms with Gasteiger partial charge in [0, 0.05) is 18.5 Å². The highest BCUT2D eigenvalue weighted by atomic mass is 15.1. The zero-order valence-electron chi connectivity index (χ0n) is 10.8. The average molecular weight is 214 g/mol. The molecule has 0 aliphatic heterocycles. The largest absolute Gasteiger partial charge is 0.387 e. The second-order valence-corrected chi connectivity index (χ2v) is 5.15. The Hall–Kier alpha value is -0.610. The molecular weight excluding hydrogens is 188 g/mol. The van der Waals surface area contributed by atoms with Gasteiger partial charge in [0.2, 0.25) is 0 Å². The van der Waals surface area contributed by atoms with Gasteiger partial charge in [-0.15, -0.1) is 0 Å². The van der Waals surface area contributed by atoms with Crippen molar-refractivity contribution in [3.8, 4) is 0 Å². The molecule has 0 amide bonds. The molecule has 0 radical (unpaired) electrons. The molecule has 0 atom stereocenters. The monoisotopic (exact) mass is 214 g/mol. The van der Waals surface area contributed by atoms with Crippen LogP contribution < -0.4 is 5.73 Å². The van der Waals surface area contributed by atoms with Crippen molar-refractivity contribution < 1.29 is 0 Å². The van der Waals surface area contributed by atoms with Crippen LogP contribution in [0.15, 0.2) is 0 Å². The van der Waals surface area contributed by atoms with Gasteiger partial charge in [0.25, 0.3) is 0 Å². The van der Waals surface area contributed by atoms with Crippen molar-refractivity contribution in [2.75, 3.05) is 40.8 Å². The number of hydrogen-bond donors (Lipinski definition) is 2. The standard InChI is InChI=1S/C11H26N4/c1-11(2,10(12)13)6-7-15(5)9-8-14(3)4/h6-9H2,1-5H3,(H3,12,13). The summed E-state index contributed by atoms with van der Waals surface area (Å²) in [5.74, 6) is 0.281. The molecule has 0 spiro atoms. The summed E-state index contributed by atoms with van der Waals surface area (Å²) in [4.78, 5) is 4.46. The minimum absolute atomic E-state index is 0.174. The van der Waals surface area contributed by atoms with Crippen LogP contribution in [0.25, 0.3) is 0 Å². The molecule has 90 valence electrons. The number of amidine groups is 1. The third kappa shape index (κ3) is 6.47. The zero-order valence-corrected chi connectivity index (χ0v) is 10.8. The molecule has 0 aromatic rings. The molecule has 15 heavy (non-hydrogen) atoms. The lowest BCUT2D eigenvalue weighted by Gasteiger charge is -2.26. The highest BCUT2D eigenvalue weighted by Crippen LogP contribution is 2.19. The highest BCUT2D eigenvalue weighted by molar-refractivity contribution is 5.82. The van der Waals surface area contributed by atoms with Crippen LogP contribution in [0, 0.1) is 10.8 Å². The number of likely N-dealkylation sites (N-methyl/N-ethyl adjacent to an activating group) is 2. The molecule has 0 unspecified atom stereocenters. The molecule has 0 saturated carbocycles. The number of nitrogens with two attached hydrogens (primary N) is 1. The molecule has 0 bridgehead atoms. The van der Waals surface area contributed by atoms with Gasteiger partial charge in [-0.2, -0.15) is 0 Å². The van der Waals surface area contributed by atoms with Gasteiger partial charge in [0.15, 0.2) is 0 Å². The van der Waals surface area contributed by atoms with E-state index in [2.05, 4.69) is 30.9 Å². The van der Waals surface area contributed by atoms with E-state index in [4.69, 9.17) is 11.1 Å². The summed E-state index contributed by atoms with van der Waals surface area (Å²) in [7, 11) is 6.26. The minimum Gasteiger partial charge on any atom is -0.387 e. The zero-order chi connectivity index (χ0) is 12.1. The van der Waals surface area contributed by atoms with Crippen molar-refractivity contribution in [3.63, 3.8) is 0 Å². The summed E-state index contributed by atoms with van der Waals surface area (Å²) in [6.07, 6.45) is 0.937. The molecule has 3 N–H and O–H groups in total. The number of nitrogens with zero attached hydrogens (tertiary/aromatic N) is 2. The Labute approximate surface area is 93.9 Å². The average Bonchev–Trinajstić information content (AvgIpc) is 2.11. The molecule has 0 aliphatic carbocycles. The summed E-state index contributed by atoms with van der Waals surface area (Å²) < 4.78 is 0. The summed E-state index contributed by atoms with van der Waals surface area (Å²) >= 11 is 0. The Balaban J connectivity index is 3.80. The van der Waals surface area contributed by atoms with Crippen molar-refractivity contribution in [3.05, 3.63) is 0 Å². The lowest BCUT2D eigenvalue weighted by Crippen LogP contribution is -2.36. The minimum atomic E-state index is -0.174. The van der Waals surface area contributed by atoms with Gasteiger partial charge in [0.05, 0.1) is 5.84 Å². The van der Waals surface area contributed by atoms with Crippen molar-refractivity contribution in [2.24, 2.45) is 11.1 Å². The van der Waals surface area contributed by atoms with Gasteiger partial charge in [-0.05, 0) is 34.1 Å². The molecule has 4 heteroatoms. The van der Waals surface area contributed by atoms with E-state index >= 15 is 0 Å². The maximum Gasteiger partial charge on any atom is 0.0963 e. The van der Waals surface area contributed by atoms with Crippen molar-refractivity contribution >= 4 is 5.84 Å². The molecule has 0 rings (SSSR count). The van der Waals surface area contributed by atoms with Crippen molar-refractivity contribution in [2.45, 2.75) is 20.3 Å². The fourth-order valence-electron chi connectivity index (χ4n) is 1.09. The lowest BCUT2D eigenvalue weighted by atomic mass is 9.88. The van der Waals surface area contributed by atoms with Crippen LogP contribution in [0.3, 0.4) is 0 Å². The summed E-state index contributed by atoms with van der Waals surface area (Å²) in [5.41, 5.74) is 5.36. The second kappa shape index (κ2) is 6.08. The van der Waals surface area contributed by atoms with Gasteiger partial charge < -0.3 is 15.5 Å². The predicted molar refractivity (Wildman–Crippen MR) is 66.4 cm³/mol. The number of nitrogens with one attached hydrogen (secondary N) is 1. The van der Waals surface area contributed by atoms with Gasteiger partial charge >= 0.3 is 0 Å². The molecule has 0 aromatic carbocycles. The fourth-order valence-corrected chi connectivity index (χ4v) is 1.09. The van der Waals surface area contributed by atoms with Crippen molar-refractivity contribution in [1.82, 2.24) is 9.80 Å². The molecule has 4 nitrogen and oxygen atoms in total. The lowest BCUT2D eigenvalue weighted by molar-refractivity contribution is 0.258. The first-order valence-corrected chi connectivity index (χ1v) is 5.43. The predicted octanol–water partition coefficient (Wildman–Crippen LogP) is 0.832. The topological polar surface area (TPSA) is 56.4 Å². The number of rotatable bonds is 7.